The Morgan fingerprint density at radius 3 is 2.63 bits per heavy atom. The molecule has 2 amide bonds. The van der Waals surface area contributed by atoms with E-state index in [-0.39, 0.29) is 18.4 Å². The number of hydrogen-bond donors (Lipinski definition) is 0. The summed E-state index contributed by atoms with van der Waals surface area (Å²) in [7, 11) is 0. The van der Waals surface area contributed by atoms with Gasteiger partial charge < -0.3 is 9.80 Å². The molecule has 2 saturated heterocycles. The topological polar surface area (TPSA) is 56.8 Å². The summed E-state index contributed by atoms with van der Waals surface area (Å²) in [5.41, 5.74) is 3.37. The highest BCUT2D eigenvalue weighted by molar-refractivity contribution is 7.19. The Kier molecular flexibility index (Phi) is 5.74. The minimum Gasteiger partial charge on any atom is -0.327 e. The first-order valence-corrected chi connectivity index (χ1v) is 13.1. The number of para-hydroxylation sites is 1. The summed E-state index contributed by atoms with van der Waals surface area (Å²) in [6.45, 7) is 5.47. The number of piperazine rings is 2. The summed E-state index contributed by atoms with van der Waals surface area (Å²) in [6.07, 6.45) is 2.77. The Hall–Kier alpha value is -3.29. The van der Waals surface area contributed by atoms with E-state index in [1.165, 1.54) is 26.1 Å². The molecular weight excluding hydrogens is 456 g/mol. The lowest BCUT2D eigenvalue weighted by Gasteiger charge is -2.46. The first kappa shape index (κ1) is 22.2. The highest BCUT2D eigenvalue weighted by Gasteiger charge is 2.42. The molecule has 2 aromatic heterocycles. The molecule has 6 nitrogen and oxygen atoms in total. The van der Waals surface area contributed by atoms with Crippen molar-refractivity contribution < 1.29 is 9.59 Å². The fourth-order valence-electron chi connectivity index (χ4n) is 5.50. The van der Waals surface area contributed by atoms with Crippen molar-refractivity contribution in [3.05, 3.63) is 76.8 Å². The number of aromatic nitrogens is 1. The molecule has 2 fully saturated rings. The summed E-state index contributed by atoms with van der Waals surface area (Å²) >= 11 is 1.79. The highest BCUT2D eigenvalue weighted by Crippen LogP contribution is 2.33. The van der Waals surface area contributed by atoms with Crippen LogP contribution >= 0.6 is 11.3 Å². The van der Waals surface area contributed by atoms with Gasteiger partial charge in [-0.2, -0.15) is 0 Å². The molecule has 4 aromatic rings. The van der Waals surface area contributed by atoms with Gasteiger partial charge in [-0.1, -0.05) is 43.3 Å². The maximum absolute atomic E-state index is 13.7. The van der Waals surface area contributed by atoms with Gasteiger partial charge in [0.05, 0.1) is 5.52 Å². The van der Waals surface area contributed by atoms with Crippen molar-refractivity contribution in [3.8, 4) is 0 Å². The third-order valence-corrected chi connectivity index (χ3v) is 8.65. The van der Waals surface area contributed by atoms with Crippen molar-refractivity contribution in [2.24, 2.45) is 0 Å². The second kappa shape index (κ2) is 9.06. The molecule has 2 aliphatic heterocycles. The van der Waals surface area contributed by atoms with Gasteiger partial charge >= 0.3 is 0 Å². The van der Waals surface area contributed by atoms with Gasteiger partial charge in [0.2, 0.25) is 11.8 Å². The van der Waals surface area contributed by atoms with E-state index >= 15 is 0 Å². The molecule has 178 valence electrons. The van der Waals surface area contributed by atoms with Crippen LogP contribution in [0.3, 0.4) is 0 Å². The standard InChI is InChI=1S/C28H28N4O2S/c1-2-25-22(21-8-4-6-10-26(21)35-25)16-31-18-27(33)32-14-13-30(17-24(32)28(31)34)15-19-11-12-29-23-9-5-3-7-20(19)23/h3-12,24H,2,13-18H2,1H3. The number of hydrogen-bond acceptors (Lipinski definition) is 5. The summed E-state index contributed by atoms with van der Waals surface area (Å²) in [5, 5.41) is 2.34. The van der Waals surface area contributed by atoms with Crippen LogP contribution in [0.1, 0.15) is 22.9 Å². The van der Waals surface area contributed by atoms with Gasteiger partial charge in [0.15, 0.2) is 0 Å². The van der Waals surface area contributed by atoms with E-state index in [0.717, 1.165) is 30.4 Å². The first-order valence-electron chi connectivity index (χ1n) is 12.2. The molecule has 6 rings (SSSR count). The number of fused-ring (bicyclic) bond motifs is 3. The second-order valence-corrected chi connectivity index (χ2v) is 10.5. The van der Waals surface area contributed by atoms with Crippen LogP contribution in [0.4, 0.5) is 0 Å². The average Bonchev–Trinajstić information content (AvgIpc) is 3.25. The van der Waals surface area contributed by atoms with Crippen molar-refractivity contribution in [2.75, 3.05) is 26.2 Å². The maximum Gasteiger partial charge on any atom is 0.247 e. The van der Waals surface area contributed by atoms with Crippen LogP contribution in [0.5, 0.6) is 0 Å². The molecule has 1 atom stereocenters. The van der Waals surface area contributed by atoms with Crippen LogP contribution in [-0.2, 0) is 29.1 Å². The number of aryl methyl sites for hydroxylation is 1. The largest absolute Gasteiger partial charge is 0.327 e. The van der Waals surface area contributed by atoms with Gasteiger partial charge in [-0.05, 0) is 41.1 Å². The number of thiophene rings is 1. The van der Waals surface area contributed by atoms with Crippen LogP contribution in [0, 0.1) is 0 Å². The second-order valence-electron chi connectivity index (χ2n) is 9.37. The number of pyridine rings is 1. The van der Waals surface area contributed by atoms with Gasteiger partial charge in [-0.15, -0.1) is 11.3 Å². The van der Waals surface area contributed by atoms with Crippen molar-refractivity contribution in [1.29, 1.82) is 0 Å². The molecule has 0 aliphatic carbocycles. The minimum absolute atomic E-state index is 0.0567. The normalized spacial score (nSPS) is 19.1. The molecular formula is C28H28N4O2S. The Balaban J connectivity index is 1.24. The number of carbonyl (C=O) groups is 2. The van der Waals surface area contributed by atoms with Crippen LogP contribution < -0.4 is 0 Å². The monoisotopic (exact) mass is 484 g/mol. The lowest BCUT2D eigenvalue weighted by molar-refractivity contribution is -0.160. The van der Waals surface area contributed by atoms with Gasteiger partial charge in [-0.3, -0.25) is 19.5 Å². The van der Waals surface area contributed by atoms with E-state index in [0.29, 0.717) is 19.6 Å². The number of amides is 2. The molecule has 4 heterocycles. The molecule has 0 spiro atoms. The SMILES string of the molecule is CCc1sc2ccccc2c1CN1CC(=O)N2CCN(Cc3ccnc4ccccc34)CC2C1=O. The summed E-state index contributed by atoms with van der Waals surface area (Å²) in [4.78, 5) is 38.4. The Labute approximate surface area is 208 Å². The first-order chi connectivity index (χ1) is 17.1. The van der Waals surface area contributed by atoms with Crippen LogP contribution in [0.25, 0.3) is 21.0 Å². The number of rotatable bonds is 5. The lowest BCUT2D eigenvalue weighted by Crippen LogP contribution is -2.66. The van der Waals surface area contributed by atoms with E-state index in [4.69, 9.17) is 0 Å². The summed E-state index contributed by atoms with van der Waals surface area (Å²) in [6, 6.07) is 18.2. The van der Waals surface area contributed by atoms with Crippen LogP contribution in [0.15, 0.2) is 60.8 Å². The lowest BCUT2D eigenvalue weighted by atomic mass is 10.0. The summed E-state index contributed by atoms with van der Waals surface area (Å²) in [5.74, 6) is 0.118. The summed E-state index contributed by atoms with van der Waals surface area (Å²) < 4.78 is 1.24. The minimum atomic E-state index is -0.423. The van der Waals surface area contributed by atoms with E-state index in [9.17, 15) is 9.59 Å². The van der Waals surface area contributed by atoms with Crippen molar-refractivity contribution in [3.63, 3.8) is 0 Å². The molecule has 0 N–H and O–H groups in total. The third kappa shape index (κ3) is 3.98. The fraction of sp³-hybridized carbons (Fsp3) is 0.321. The van der Waals surface area contributed by atoms with Gasteiger partial charge in [0, 0.05) is 53.9 Å². The maximum atomic E-state index is 13.7. The van der Waals surface area contributed by atoms with E-state index in [2.05, 4.69) is 47.1 Å². The van der Waals surface area contributed by atoms with Crippen molar-refractivity contribution >= 4 is 44.1 Å². The smallest absolute Gasteiger partial charge is 0.247 e. The molecule has 7 heteroatoms. The van der Waals surface area contributed by atoms with E-state index in [1.807, 2.05) is 30.5 Å². The van der Waals surface area contributed by atoms with Gasteiger partial charge in [0.25, 0.3) is 0 Å². The molecule has 2 aliphatic rings. The fourth-order valence-corrected chi connectivity index (χ4v) is 6.66. The zero-order chi connectivity index (χ0) is 23.9. The third-order valence-electron chi connectivity index (χ3n) is 7.29. The van der Waals surface area contributed by atoms with Crippen LogP contribution in [0.2, 0.25) is 0 Å². The van der Waals surface area contributed by atoms with Gasteiger partial charge in [-0.25, -0.2) is 0 Å². The van der Waals surface area contributed by atoms with E-state index < -0.39 is 6.04 Å². The van der Waals surface area contributed by atoms with Crippen LogP contribution in [-0.4, -0.2) is 63.7 Å². The molecule has 0 saturated carbocycles. The molecule has 35 heavy (non-hydrogen) atoms. The van der Waals surface area contributed by atoms with Crippen molar-refractivity contribution in [1.82, 2.24) is 19.7 Å². The van der Waals surface area contributed by atoms with E-state index in [1.54, 1.807) is 21.1 Å². The average molecular weight is 485 g/mol. The number of carbonyl (C=O) groups excluding carboxylic acids is 2. The molecule has 0 radical (unpaired) electrons. The predicted octanol–water partition coefficient (Wildman–Crippen LogP) is 4.07. The van der Waals surface area contributed by atoms with Crippen molar-refractivity contribution in [2.45, 2.75) is 32.5 Å². The predicted molar refractivity (Wildman–Crippen MR) is 139 cm³/mol. The quantitative estimate of drug-likeness (QED) is 0.429. The Morgan fingerprint density at radius 2 is 1.77 bits per heavy atom. The zero-order valence-electron chi connectivity index (χ0n) is 19.8. The Bertz CT molecular complexity index is 1430. The molecule has 1 unspecified atom stereocenters. The molecule has 0 bridgehead atoms. The number of nitrogens with zero attached hydrogens (tertiary/aromatic N) is 4. The highest BCUT2D eigenvalue weighted by atomic mass is 32.1. The van der Waals surface area contributed by atoms with Gasteiger partial charge in [0.1, 0.15) is 12.6 Å². The zero-order valence-corrected chi connectivity index (χ0v) is 20.6. The Morgan fingerprint density at radius 1 is 0.971 bits per heavy atom. The molecule has 2 aromatic carbocycles. The number of benzene rings is 2.